The quantitative estimate of drug-likeness (QED) is 0.649. The molecule has 0 saturated heterocycles. The molecule has 96 valence electrons. The molecule has 0 atom stereocenters. The van der Waals surface area contributed by atoms with Gasteiger partial charge in [-0.3, -0.25) is 4.98 Å². The van der Waals surface area contributed by atoms with Gasteiger partial charge in [-0.2, -0.15) is 0 Å². The molecule has 0 bridgehead atoms. The van der Waals surface area contributed by atoms with Crippen molar-refractivity contribution in [2.24, 2.45) is 0 Å². The van der Waals surface area contributed by atoms with E-state index in [0.717, 1.165) is 3.57 Å². The van der Waals surface area contributed by atoms with E-state index >= 15 is 0 Å². The van der Waals surface area contributed by atoms with Crippen LogP contribution in [0, 0.1) is 3.57 Å². The summed E-state index contributed by atoms with van der Waals surface area (Å²) in [4.78, 5) is 16.3. The van der Waals surface area contributed by atoms with Gasteiger partial charge in [0.05, 0.1) is 14.1 Å². The number of pyridine rings is 1. The average Bonchev–Trinajstić information content (AvgIpc) is 2.56. The number of hydrogen-bond donors (Lipinski definition) is 0. The summed E-state index contributed by atoms with van der Waals surface area (Å²) < 4.78 is 7.59. The highest BCUT2D eigenvalue weighted by atomic mass is 127. The van der Waals surface area contributed by atoms with E-state index in [1.807, 2.05) is 20.8 Å². The average molecular weight is 379 g/mol. The van der Waals surface area contributed by atoms with E-state index in [9.17, 15) is 4.79 Å². The van der Waals surface area contributed by atoms with Crippen molar-refractivity contribution < 1.29 is 9.53 Å². The van der Waals surface area contributed by atoms with Crippen molar-refractivity contribution in [1.82, 2.24) is 9.55 Å². The third-order valence-corrected chi connectivity index (χ3v) is 3.27. The number of carbonyl (C=O) groups excluding carboxylic acids is 1. The maximum absolute atomic E-state index is 12.1. The van der Waals surface area contributed by atoms with Gasteiger partial charge < -0.3 is 4.74 Å². The lowest BCUT2D eigenvalue weighted by Crippen LogP contribution is -2.26. The minimum Gasteiger partial charge on any atom is -0.443 e. The van der Waals surface area contributed by atoms with Gasteiger partial charge in [0.2, 0.25) is 0 Å². The molecule has 0 aliphatic carbocycles. The molecule has 18 heavy (non-hydrogen) atoms. The van der Waals surface area contributed by atoms with Crippen LogP contribution in [0.4, 0.5) is 4.79 Å². The number of hydrogen-bond acceptors (Lipinski definition) is 3. The maximum Gasteiger partial charge on any atom is 0.419 e. The Morgan fingerprint density at radius 3 is 2.78 bits per heavy atom. The third-order valence-electron chi connectivity index (χ3n) is 2.17. The smallest absolute Gasteiger partial charge is 0.419 e. The highest BCUT2D eigenvalue weighted by molar-refractivity contribution is 14.1. The second-order valence-corrected chi connectivity index (χ2v) is 6.39. The predicted octanol–water partition coefficient (Wildman–Crippen LogP) is 4.08. The van der Waals surface area contributed by atoms with E-state index in [4.69, 9.17) is 16.3 Å². The van der Waals surface area contributed by atoms with Crippen molar-refractivity contribution in [1.29, 1.82) is 0 Å². The molecule has 0 fully saturated rings. The van der Waals surface area contributed by atoms with Crippen LogP contribution in [-0.4, -0.2) is 21.2 Å². The van der Waals surface area contributed by atoms with Crippen LogP contribution < -0.4 is 0 Å². The predicted molar refractivity (Wildman–Crippen MR) is 79.1 cm³/mol. The van der Waals surface area contributed by atoms with Crippen molar-refractivity contribution in [3.63, 3.8) is 0 Å². The number of rotatable bonds is 0. The Labute approximate surface area is 123 Å². The number of fused-ring (bicyclic) bond motifs is 1. The lowest BCUT2D eigenvalue weighted by Gasteiger charge is -2.19. The molecule has 0 N–H and O–H groups in total. The standard InChI is InChI=1S/C12H12ClIN2O2/c1-12(2,3)18-11(17)16-6-8(14)9-10(16)7(13)4-5-15-9/h4-6H,1-3H3. The Hall–Kier alpha value is -0.820. The molecule has 2 aromatic heterocycles. The van der Waals surface area contributed by atoms with E-state index in [-0.39, 0.29) is 0 Å². The lowest BCUT2D eigenvalue weighted by molar-refractivity contribution is 0.0544. The fourth-order valence-corrected chi connectivity index (χ4v) is 2.44. The first-order valence-corrected chi connectivity index (χ1v) is 6.79. The number of nitrogens with zero attached hydrogens (tertiary/aromatic N) is 2. The van der Waals surface area contributed by atoms with Crippen LogP contribution in [0.15, 0.2) is 18.5 Å². The Bertz CT molecular complexity index is 616. The van der Waals surface area contributed by atoms with Crippen molar-refractivity contribution in [2.45, 2.75) is 26.4 Å². The SMILES string of the molecule is CC(C)(C)OC(=O)n1cc(I)c2nccc(Cl)c21. The van der Waals surface area contributed by atoms with Crippen molar-refractivity contribution >= 4 is 51.3 Å². The highest BCUT2D eigenvalue weighted by Crippen LogP contribution is 2.27. The fraction of sp³-hybridized carbons (Fsp3) is 0.333. The van der Waals surface area contributed by atoms with Crippen molar-refractivity contribution in [3.05, 3.63) is 27.1 Å². The van der Waals surface area contributed by atoms with Crippen LogP contribution in [0.1, 0.15) is 20.8 Å². The summed E-state index contributed by atoms with van der Waals surface area (Å²) in [7, 11) is 0. The Morgan fingerprint density at radius 1 is 1.50 bits per heavy atom. The molecule has 0 spiro atoms. The van der Waals surface area contributed by atoms with Gasteiger partial charge in [0.25, 0.3) is 0 Å². The van der Waals surface area contributed by atoms with Crippen LogP contribution >= 0.6 is 34.2 Å². The summed E-state index contributed by atoms with van der Waals surface area (Å²) in [6, 6.07) is 1.65. The minimum atomic E-state index is -0.548. The molecule has 0 aromatic carbocycles. The zero-order valence-electron chi connectivity index (χ0n) is 10.2. The highest BCUT2D eigenvalue weighted by Gasteiger charge is 2.21. The summed E-state index contributed by atoms with van der Waals surface area (Å²) in [6.45, 7) is 5.46. The van der Waals surface area contributed by atoms with E-state index in [0.29, 0.717) is 16.1 Å². The van der Waals surface area contributed by atoms with Gasteiger partial charge in [0, 0.05) is 12.4 Å². The van der Waals surface area contributed by atoms with Gasteiger partial charge >= 0.3 is 6.09 Å². The van der Waals surface area contributed by atoms with Gasteiger partial charge in [0.15, 0.2) is 0 Å². The molecule has 0 aliphatic heterocycles. The summed E-state index contributed by atoms with van der Waals surface area (Å²) >= 11 is 8.24. The van der Waals surface area contributed by atoms with Gasteiger partial charge in [0.1, 0.15) is 11.1 Å². The summed E-state index contributed by atoms with van der Waals surface area (Å²) in [5.41, 5.74) is 0.736. The van der Waals surface area contributed by atoms with E-state index in [1.165, 1.54) is 4.57 Å². The fourth-order valence-electron chi connectivity index (χ4n) is 1.53. The first kappa shape index (κ1) is 13.6. The van der Waals surface area contributed by atoms with Crippen molar-refractivity contribution in [2.75, 3.05) is 0 Å². The minimum absolute atomic E-state index is 0.453. The molecular weight excluding hydrogens is 367 g/mol. The summed E-state index contributed by atoms with van der Waals surface area (Å²) in [6.07, 6.45) is 2.84. The molecule has 4 nitrogen and oxygen atoms in total. The molecule has 0 unspecified atom stereocenters. The van der Waals surface area contributed by atoms with Crippen LogP contribution in [0.25, 0.3) is 11.0 Å². The number of ether oxygens (including phenoxy) is 1. The van der Waals surface area contributed by atoms with Gasteiger partial charge in [-0.15, -0.1) is 0 Å². The van der Waals surface area contributed by atoms with Crippen molar-refractivity contribution in [3.8, 4) is 0 Å². The Morgan fingerprint density at radius 2 is 2.17 bits per heavy atom. The van der Waals surface area contributed by atoms with E-state index < -0.39 is 11.7 Å². The molecule has 0 amide bonds. The zero-order valence-corrected chi connectivity index (χ0v) is 13.1. The number of aromatic nitrogens is 2. The topological polar surface area (TPSA) is 44.1 Å². The lowest BCUT2D eigenvalue weighted by atomic mass is 10.2. The molecule has 2 aromatic rings. The first-order chi connectivity index (χ1) is 8.29. The van der Waals surface area contributed by atoms with Crippen LogP contribution in [0.2, 0.25) is 5.02 Å². The normalized spacial score (nSPS) is 11.8. The summed E-state index contributed by atoms with van der Waals surface area (Å²) in [5, 5.41) is 0.480. The monoisotopic (exact) mass is 378 g/mol. The third kappa shape index (κ3) is 2.61. The Balaban J connectivity index is 2.55. The maximum atomic E-state index is 12.1. The van der Waals surface area contributed by atoms with Crippen LogP contribution in [0.3, 0.4) is 0 Å². The Kier molecular flexibility index (Phi) is 3.55. The summed E-state index contributed by atoms with van der Waals surface area (Å²) in [5.74, 6) is 0. The first-order valence-electron chi connectivity index (χ1n) is 5.34. The largest absolute Gasteiger partial charge is 0.443 e. The van der Waals surface area contributed by atoms with E-state index in [1.54, 1.807) is 18.5 Å². The second kappa shape index (κ2) is 4.70. The molecule has 2 rings (SSSR count). The second-order valence-electron chi connectivity index (χ2n) is 4.82. The molecule has 0 radical (unpaired) electrons. The van der Waals surface area contributed by atoms with Crippen LogP contribution in [-0.2, 0) is 4.74 Å². The van der Waals surface area contributed by atoms with Gasteiger partial charge in [-0.05, 0) is 49.4 Å². The van der Waals surface area contributed by atoms with Gasteiger partial charge in [-0.1, -0.05) is 11.6 Å². The van der Waals surface area contributed by atoms with E-state index in [2.05, 4.69) is 27.6 Å². The molecule has 2 heterocycles. The number of halogens is 2. The zero-order chi connectivity index (χ0) is 13.5. The molecule has 0 aliphatic rings. The molecule has 0 saturated carbocycles. The van der Waals surface area contributed by atoms with Gasteiger partial charge in [-0.25, -0.2) is 9.36 Å². The number of carbonyl (C=O) groups is 1. The molecular formula is C12H12ClIN2O2. The molecule has 6 heteroatoms. The van der Waals surface area contributed by atoms with Crippen LogP contribution in [0.5, 0.6) is 0 Å².